The first-order valence-corrected chi connectivity index (χ1v) is 13.5. The normalized spacial score (nSPS) is 17.2. The van der Waals surface area contributed by atoms with Crippen LogP contribution in [-0.2, 0) is 4.74 Å². The summed E-state index contributed by atoms with van der Waals surface area (Å²) in [7, 11) is 0. The highest BCUT2D eigenvalue weighted by atomic mass is 16.6. The van der Waals surface area contributed by atoms with Crippen LogP contribution in [0.25, 0.3) is 11.3 Å². The van der Waals surface area contributed by atoms with Crippen LogP contribution in [0.2, 0.25) is 0 Å². The summed E-state index contributed by atoms with van der Waals surface area (Å²) in [6.45, 7) is 12.5. The van der Waals surface area contributed by atoms with Crippen LogP contribution in [0.3, 0.4) is 0 Å². The fraction of sp³-hybridized carbons (Fsp3) is 0.433. The number of aromatic nitrogens is 3. The zero-order valence-corrected chi connectivity index (χ0v) is 24.1. The standard InChI is InChI=1S/C30H38N6O4/c1-20-15-22(24-17-31-18-26(34-24)35-27(37)33-23-11-9-21(2)32-16-23)10-12-25(20)39-19-30(6)13-7-8-14-36(30)28(38)40-29(3,4)5/h9-12,15-18H,7-8,13-14,19H2,1-6H3,(H2,33,34,35,37). The van der Waals surface area contributed by atoms with Crippen LogP contribution < -0.4 is 15.4 Å². The molecule has 1 atom stereocenters. The number of piperidine rings is 1. The molecule has 0 radical (unpaired) electrons. The first-order valence-electron chi connectivity index (χ1n) is 13.5. The molecule has 3 heterocycles. The quantitative estimate of drug-likeness (QED) is 0.369. The second-order valence-corrected chi connectivity index (χ2v) is 11.4. The SMILES string of the molecule is Cc1ccc(NC(=O)Nc2cncc(-c3ccc(OCC4(C)CCCCN4C(=O)OC(C)(C)C)c(C)c3)n2)cn1. The van der Waals surface area contributed by atoms with Gasteiger partial charge in [-0.05, 0) is 96.7 Å². The van der Waals surface area contributed by atoms with Gasteiger partial charge < -0.3 is 14.8 Å². The van der Waals surface area contributed by atoms with Crippen molar-refractivity contribution in [2.24, 2.45) is 0 Å². The van der Waals surface area contributed by atoms with Crippen LogP contribution >= 0.6 is 0 Å². The van der Waals surface area contributed by atoms with Gasteiger partial charge in [0.1, 0.15) is 18.0 Å². The number of hydrogen-bond donors (Lipinski definition) is 2. The van der Waals surface area contributed by atoms with Crippen molar-refractivity contribution in [3.8, 4) is 17.0 Å². The lowest BCUT2D eigenvalue weighted by atomic mass is 9.89. The van der Waals surface area contributed by atoms with Crippen molar-refractivity contribution in [3.05, 3.63) is 60.2 Å². The minimum absolute atomic E-state index is 0.304. The second-order valence-electron chi connectivity index (χ2n) is 11.4. The van der Waals surface area contributed by atoms with Gasteiger partial charge in [0.05, 0.1) is 35.5 Å². The fourth-order valence-corrected chi connectivity index (χ4v) is 4.55. The molecular formula is C30H38N6O4. The van der Waals surface area contributed by atoms with Crippen LogP contribution in [-0.4, -0.2) is 56.3 Å². The number of aryl methyl sites for hydroxylation is 2. The number of amides is 3. The minimum Gasteiger partial charge on any atom is -0.491 e. The molecule has 0 spiro atoms. The number of pyridine rings is 1. The molecule has 1 unspecified atom stereocenters. The Morgan fingerprint density at radius 1 is 1.05 bits per heavy atom. The van der Waals surface area contributed by atoms with Gasteiger partial charge >= 0.3 is 12.1 Å². The predicted molar refractivity (Wildman–Crippen MR) is 155 cm³/mol. The Bertz CT molecular complexity index is 1360. The number of nitrogens with one attached hydrogen (secondary N) is 2. The fourth-order valence-electron chi connectivity index (χ4n) is 4.55. The van der Waals surface area contributed by atoms with E-state index < -0.39 is 17.2 Å². The lowest BCUT2D eigenvalue weighted by Crippen LogP contribution is -2.57. The highest BCUT2D eigenvalue weighted by Crippen LogP contribution is 2.32. The van der Waals surface area contributed by atoms with Gasteiger partial charge in [0.25, 0.3) is 0 Å². The van der Waals surface area contributed by atoms with E-state index >= 15 is 0 Å². The number of hydrogen-bond acceptors (Lipinski definition) is 7. The molecule has 212 valence electrons. The Morgan fingerprint density at radius 2 is 1.85 bits per heavy atom. The molecule has 10 heteroatoms. The summed E-state index contributed by atoms with van der Waals surface area (Å²) in [4.78, 5) is 40.1. The lowest BCUT2D eigenvalue weighted by Gasteiger charge is -2.44. The van der Waals surface area contributed by atoms with E-state index in [2.05, 4.69) is 32.5 Å². The van der Waals surface area contributed by atoms with Crippen molar-refractivity contribution in [3.63, 3.8) is 0 Å². The van der Waals surface area contributed by atoms with E-state index in [0.29, 0.717) is 30.4 Å². The van der Waals surface area contributed by atoms with Crippen molar-refractivity contribution < 1.29 is 19.1 Å². The van der Waals surface area contributed by atoms with Crippen molar-refractivity contribution in [1.29, 1.82) is 0 Å². The molecule has 1 aliphatic heterocycles. The van der Waals surface area contributed by atoms with Gasteiger partial charge in [0.15, 0.2) is 5.82 Å². The number of carbonyl (C=O) groups is 2. The smallest absolute Gasteiger partial charge is 0.410 e. The summed E-state index contributed by atoms with van der Waals surface area (Å²) in [5, 5.41) is 5.44. The van der Waals surface area contributed by atoms with E-state index in [1.165, 1.54) is 6.20 Å². The molecule has 10 nitrogen and oxygen atoms in total. The molecular weight excluding hydrogens is 508 g/mol. The third-order valence-electron chi connectivity index (χ3n) is 6.67. The monoisotopic (exact) mass is 546 g/mol. The Kier molecular flexibility index (Phi) is 8.56. The van der Waals surface area contributed by atoms with Crippen LogP contribution in [0.15, 0.2) is 48.9 Å². The van der Waals surface area contributed by atoms with Crippen molar-refractivity contribution in [2.75, 3.05) is 23.8 Å². The molecule has 1 saturated heterocycles. The number of urea groups is 1. The van der Waals surface area contributed by atoms with Gasteiger partial charge in [0, 0.05) is 17.8 Å². The van der Waals surface area contributed by atoms with Gasteiger partial charge in [-0.1, -0.05) is 0 Å². The van der Waals surface area contributed by atoms with Gasteiger partial charge in [-0.15, -0.1) is 0 Å². The summed E-state index contributed by atoms with van der Waals surface area (Å²) in [5.41, 5.74) is 2.79. The average Bonchev–Trinajstić information content (AvgIpc) is 2.88. The summed E-state index contributed by atoms with van der Waals surface area (Å²) < 4.78 is 11.9. The van der Waals surface area contributed by atoms with Crippen LogP contribution in [0.4, 0.5) is 21.1 Å². The Morgan fingerprint density at radius 3 is 2.55 bits per heavy atom. The average molecular weight is 547 g/mol. The molecule has 1 aliphatic rings. The maximum atomic E-state index is 12.9. The molecule has 1 aromatic carbocycles. The van der Waals surface area contributed by atoms with Crippen molar-refractivity contribution >= 4 is 23.6 Å². The molecule has 0 bridgehead atoms. The summed E-state index contributed by atoms with van der Waals surface area (Å²) in [6, 6.07) is 8.93. The van der Waals surface area contributed by atoms with Crippen molar-refractivity contribution in [1.82, 2.24) is 19.9 Å². The maximum Gasteiger partial charge on any atom is 0.410 e. The minimum atomic E-state index is -0.555. The maximum absolute atomic E-state index is 12.9. The van der Waals surface area contributed by atoms with E-state index in [-0.39, 0.29) is 6.09 Å². The zero-order valence-electron chi connectivity index (χ0n) is 24.1. The first kappa shape index (κ1) is 28.8. The highest BCUT2D eigenvalue weighted by Gasteiger charge is 2.40. The summed E-state index contributed by atoms with van der Waals surface area (Å²) in [5.74, 6) is 1.05. The van der Waals surface area contributed by atoms with Crippen LogP contribution in [0, 0.1) is 13.8 Å². The third-order valence-corrected chi connectivity index (χ3v) is 6.67. The first-order chi connectivity index (χ1) is 18.9. The largest absolute Gasteiger partial charge is 0.491 e. The van der Waals surface area contributed by atoms with E-state index in [9.17, 15) is 9.59 Å². The molecule has 3 amide bonds. The number of rotatable bonds is 6. The number of ether oxygens (including phenoxy) is 2. The molecule has 3 aromatic rings. The number of benzene rings is 1. The summed E-state index contributed by atoms with van der Waals surface area (Å²) >= 11 is 0. The molecule has 0 saturated carbocycles. The van der Waals surface area contributed by atoms with Crippen LogP contribution in [0.5, 0.6) is 5.75 Å². The van der Waals surface area contributed by atoms with Gasteiger partial charge in [-0.3, -0.25) is 20.2 Å². The zero-order chi connectivity index (χ0) is 28.9. The Hall–Kier alpha value is -4.21. The number of anilines is 2. The number of nitrogens with zero attached hydrogens (tertiary/aromatic N) is 4. The van der Waals surface area contributed by atoms with E-state index in [4.69, 9.17) is 9.47 Å². The van der Waals surface area contributed by atoms with E-state index in [1.54, 1.807) is 18.5 Å². The Balaban J connectivity index is 1.41. The predicted octanol–water partition coefficient (Wildman–Crippen LogP) is 6.36. The molecule has 2 N–H and O–H groups in total. The second kappa shape index (κ2) is 11.9. The van der Waals surface area contributed by atoms with Gasteiger partial charge in [-0.2, -0.15) is 0 Å². The molecule has 0 aliphatic carbocycles. The molecule has 4 rings (SSSR count). The van der Waals surface area contributed by atoms with Crippen molar-refractivity contribution in [2.45, 2.75) is 71.9 Å². The van der Waals surface area contributed by atoms with Crippen LogP contribution in [0.1, 0.15) is 58.2 Å². The topological polar surface area (TPSA) is 119 Å². The van der Waals surface area contributed by atoms with Gasteiger partial charge in [0.2, 0.25) is 0 Å². The summed E-state index contributed by atoms with van der Waals surface area (Å²) in [6.07, 6.45) is 7.23. The van der Waals surface area contributed by atoms with E-state index in [1.807, 2.05) is 63.8 Å². The third kappa shape index (κ3) is 7.46. The number of likely N-dealkylation sites (tertiary alicyclic amines) is 1. The Labute approximate surface area is 235 Å². The van der Waals surface area contributed by atoms with Gasteiger partial charge in [-0.25, -0.2) is 14.6 Å². The molecule has 2 aromatic heterocycles. The molecule has 1 fully saturated rings. The van der Waals surface area contributed by atoms with E-state index in [0.717, 1.165) is 41.8 Å². The molecule has 40 heavy (non-hydrogen) atoms. The highest BCUT2D eigenvalue weighted by molar-refractivity contribution is 5.99. The lowest BCUT2D eigenvalue weighted by molar-refractivity contribution is -0.0236. The number of carbonyl (C=O) groups excluding carboxylic acids is 2.